The molecule has 2 heterocycles. The molecule has 1 amide bonds. The van der Waals surface area contributed by atoms with Gasteiger partial charge in [0.25, 0.3) is 5.91 Å². The second-order valence-corrected chi connectivity index (χ2v) is 8.29. The summed E-state index contributed by atoms with van der Waals surface area (Å²) >= 11 is 3.42. The summed E-state index contributed by atoms with van der Waals surface area (Å²) in [7, 11) is 1.58. The largest absolute Gasteiger partial charge is 0.496 e. The number of benzene rings is 3. The van der Waals surface area contributed by atoms with E-state index in [1.165, 1.54) is 0 Å². The monoisotopic (exact) mass is 475 g/mol. The molecule has 0 bridgehead atoms. The quantitative estimate of drug-likeness (QED) is 0.401. The van der Waals surface area contributed by atoms with Gasteiger partial charge in [0.15, 0.2) is 5.43 Å². The first-order valence-electron chi connectivity index (χ1n) is 9.82. The molecule has 0 saturated heterocycles. The molecule has 31 heavy (non-hydrogen) atoms. The van der Waals surface area contributed by atoms with Crippen LogP contribution in [0.3, 0.4) is 0 Å². The first-order valence-corrected chi connectivity index (χ1v) is 10.6. The summed E-state index contributed by atoms with van der Waals surface area (Å²) in [6.45, 7) is 0.339. The van der Waals surface area contributed by atoms with Crippen molar-refractivity contribution in [1.29, 1.82) is 0 Å². The normalized spacial score (nSPS) is 15.4. The van der Waals surface area contributed by atoms with Crippen LogP contribution in [0.2, 0.25) is 0 Å². The van der Waals surface area contributed by atoms with E-state index in [-0.39, 0.29) is 17.1 Å². The average molecular weight is 476 g/mol. The summed E-state index contributed by atoms with van der Waals surface area (Å²) in [6, 6.07) is 21.8. The molecule has 5 rings (SSSR count). The molecule has 0 aliphatic carbocycles. The van der Waals surface area contributed by atoms with Crippen LogP contribution in [0.1, 0.15) is 33.3 Å². The first kappa shape index (κ1) is 19.6. The van der Waals surface area contributed by atoms with Gasteiger partial charge in [-0.25, -0.2) is 0 Å². The maximum absolute atomic E-state index is 13.6. The standard InChI is InChI=1S/C25H18BrNO4/c1-30-19-10-6-5-9-17(19)22-21-23(28)18-13-16(26)11-12-20(18)31-24(21)25(29)27(22)14-15-7-3-2-4-8-15/h2-13,22H,14H2,1H3. The Hall–Kier alpha value is -3.38. The molecule has 1 aliphatic heterocycles. The number of para-hydroxylation sites is 1. The highest BCUT2D eigenvalue weighted by Crippen LogP contribution is 2.42. The Bertz CT molecular complexity index is 1360. The van der Waals surface area contributed by atoms with Gasteiger partial charge in [-0.3, -0.25) is 9.59 Å². The van der Waals surface area contributed by atoms with Crippen LogP contribution >= 0.6 is 15.9 Å². The van der Waals surface area contributed by atoms with Crippen LogP contribution in [0.15, 0.2) is 86.5 Å². The smallest absolute Gasteiger partial charge is 0.291 e. The fourth-order valence-corrected chi connectivity index (χ4v) is 4.51. The third kappa shape index (κ3) is 3.24. The van der Waals surface area contributed by atoms with Gasteiger partial charge in [-0.2, -0.15) is 0 Å². The van der Waals surface area contributed by atoms with E-state index in [9.17, 15) is 9.59 Å². The van der Waals surface area contributed by atoms with E-state index >= 15 is 0 Å². The van der Waals surface area contributed by atoms with Crippen molar-refractivity contribution in [3.8, 4) is 5.75 Å². The number of ether oxygens (including phenoxy) is 1. The van der Waals surface area contributed by atoms with Gasteiger partial charge < -0.3 is 14.1 Å². The van der Waals surface area contributed by atoms with Crippen molar-refractivity contribution < 1.29 is 13.9 Å². The highest BCUT2D eigenvalue weighted by Gasteiger charge is 2.43. The Morgan fingerprint density at radius 3 is 2.52 bits per heavy atom. The number of amides is 1. The molecule has 0 N–H and O–H groups in total. The number of nitrogens with zero attached hydrogens (tertiary/aromatic N) is 1. The number of methoxy groups -OCH3 is 1. The average Bonchev–Trinajstić information content (AvgIpc) is 3.07. The van der Waals surface area contributed by atoms with E-state index in [0.29, 0.717) is 28.8 Å². The fraction of sp³-hybridized carbons (Fsp3) is 0.120. The summed E-state index contributed by atoms with van der Waals surface area (Å²) in [5.41, 5.74) is 2.23. The molecule has 6 heteroatoms. The van der Waals surface area contributed by atoms with Crippen LogP contribution in [0.4, 0.5) is 0 Å². The lowest BCUT2D eigenvalue weighted by Crippen LogP contribution is -2.29. The summed E-state index contributed by atoms with van der Waals surface area (Å²) in [5.74, 6) is 0.392. The Kier molecular flexibility index (Phi) is 4.87. The fourth-order valence-electron chi connectivity index (χ4n) is 4.15. The van der Waals surface area contributed by atoms with Crippen molar-refractivity contribution >= 4 is 32.8 Å². The van der Waals surface area contributed by atoms with Gasteiger partial charge in [0, 0.05) is 16.6 Å². The molecule has 1 aromatic heterocycles. The first-order chi connectivity index (χ1) is 15.1. The number of fused-ring (bicyclic) bond motifs is 2. The summed E-state index contributed by atoms with van der Waals surface area (Å²) in [4.78, 5) is 28.8. The summed E-state index contributed by atoms with van der Waals surface area (Å²) in [5, 5.41) is 0.433. The molecular formula is C25H18BrNO4. The minimum absolute atomic E-state index is 0.0895. The minimum Gasteiger partial charge on any atom is -0.496 e. The highest BCUT2D eigenvalue weighted by molar-refractivity contribution is 9.10. The molecule has 5 nitrogen and oxygen atoms in total. The lowest BCUT2D eigenvalue weighted by Gasteiger charge is -2.26. The van der Waals surface area contributed by atoms with E-state index in [2.05, 4.69) is 15.9 Å². The molecule has 1 atom stereocenters. The Morgan fingerprint density at radius 2 is 1.74 bits per heavy atom. The van der Waals surface area contributed by atoms with Gasteiger partial charge >= 0.3 is 0 Å². The van der Waals surface area contributed by atoms with Crippen molar-refractivity contribution in [2.24, 2.45) is 0 Å². The molecule has 154 valence electrons. The van der Waals surface area contributed by atoms with Crippen molar-refractivity contribution in [1.82, 2.24) is 4.90 Å². The molecule has 4 aromatic rings. The molecule has 1 unspecified atom stereocenters. The molecular weight excluding hydrogens is 458 g/mol. The van der Waals surface area contributed by atoms with Gasteiger partial charge in [0.05, 0.1) is 24.1 Å². The molecule has 0 saturated carbocycles. The molecule has 0 fully saturated rings. The molecule has 1 aliphatic rings. The summed E-state index contributed by atoms with van der Waals surface area (Å²) in [6.07, 6.45) is 0. The number of halogens is 1. The van der Waals surface area contributed by atoms with Gasteiger partial charge in [-0.15, -0.1) is 0 Å². The second-order valence-electron chi connectivity index (χ2n) is 7.38. The number of carbonyl (C=O) groups excluding carboxylic acids is 1. The zero-order valence-corrected chi connectivity index (χ0v) is 18.3. The number of carbonyl (C=O) groups is 1. The Balaban J connectivity index is 1.77. The predicted molar refractivity (Wildman–Crippen MR) is 121 cm³/mol. The lowest BCUT2D eigenvalue weighted by atomic mass is 9.97. The van der Waals surface area contributed by atoms with E-state index < -0.39 is 6.04 Å². The number of hydrogen-bond donors (Lipinski definition) is 0. The second kappa shape index (κ2) is 7.71. The topological polar surface area (TPSA) is 59.8 Å². The molecule has 3 aromatic carbocycles. The van der Waals surface area contributed by atoms with Crippen LogP contribution in [0.25, 0.3) is 11.0 Å². The van der Waals surface area contributed by atoms with Gasteiger partial charge in [-0.1, -0.05) is 64.5 Å². The van der Waals surface area contributed by atoms with Gasteiger partial charge in [0.1, 0.15) is 11.3 Å². The van der Waals surface area contributed by atoms with Crippen LogP contribution in [0.5, 0.6) is 5.75 Å². The van der Waals surface area contributed by atoms with Crippen molar-refractivity contribution in [2.75, 3.05) is 7.11 Å². The number of rotatable bonds is 4. The SMILES string of the molecule is COc1ccccc1C1c2c(oc3ccc(Br)cc3c2=O)C(=O)N1Cc1ccccc1. The summed E-state index contributed by atoms with van der Waals surface area (Å²) < 4.78 is 12.3. The third-order valence-corrected chi connectivity index (χ3v) is 6.05. The van der Waals surface area contributed by atoms with Crippen molar-refractivity contribution in [2.45, 2.75) is 12.6 Å². The van der Waals surface area contributed by atoms with E-state index in [1.807, 2.05) is 54.6 Å². The van der Waals surface area contributed by atoms with Crippen LogP contribution in [0, 0.1) is 0 Å². The molecule has 0 spiro atoms. The Labute approximate surface area is 187 Å². The third-order valence-electron chi connectivity index (χ3n) is 5.56. The van der Waals surface area contributed by atoms with Gasteiger partial charge in [-0.05, 0) is 29.8 Å². The maximum atomic E-state index is 13.6. The predicted octanol–water partition coefficient (Wildman–Crippen LogP) is 5.31. The van der Waals surface area contributed by atoms with Crippen LogP contribution in [-0.2, 0) is 6.54 Å². The zero-order valence-electron chi connectivity index (χ0n) is 16.7. The van der Waals surface area contributed by atoms with E-state index in [0.717, 1.165) is 15.6 Å². The maximum Gasteiger partial charge on any atom is 0.291 e. The van der Waals surface area contributed by atoms with E-state index in [1.54, 1.807) is 30.2 Å². The molecule has 0 radical (unpaired) electrons. The highest BCUT2D eigenvalue weighted by atomic mass is 79.9. The van der Waals surface area contributed by atoms with E-state index in [4.69, 9.17) is 9.15 Å². The van der Waals surface area contributed by atoms with Crippen molar-refractivity contribution in [3.63, 3.8) is 0 Å². The lowest BCUT2D eigenvalue weighted by molar-refractivity contribution is 0.0713. The van der Waals surface area contributed by atoms with Gasteiger partial charge in [0.2, 0.25) is 5.76 Å². The zero-order chi connectivity index (χ0) is 21.5. The number of hydrogen-bond acceptors (Lipinski definition) is 4. The minimum atomic E-state index is -0.613. The van der Waals surface area contributed by atoms with Crippen molar-refractivity contribution in [3.05, 3.63) is 110 Å². The van der Waals surface area contributed by atoms with Crippen LogP contribution in [-0.4, -0.2) is 17.9 Å². The Morgan fingerprint density at radius 1 is 1.00 bits per heavy atom. The van der Waals surface area contributed by atoms with Crippen LogP contribution < -0.4 is 10.2 Å².